The molecule has 1 aliphatic rings. The van der Waals surface area contributed by atoms with Crippen molar-refractivity contribution >= 4 is 21.6 Å². The number of para-hydroxylation sites is 1. The fraction of sp³-hybridized carbons (Fsp3) is 0.350. The molecule has 3 rings (SSSR count). The second-order valence-electron chi connectivity index (χ2n) is 6.91. The van der Waals surface area contributed by atoms with Crippen LogP contribution in [-0.4, -0.2) is 53.0 Å². The van der Waals surface area contributed by atoms with E-state index in [0.717, 1.165) is 30.6 Å². The molecule has 0 saturated heterocycles. The molecule has 0 radical (unpaired) electrons. The predicted octanol–water partition coefficient (Wildman–Crippen LogP) is 2.12. The number of fused-ring (bicyclic) bond motifs is 1. The lowest BCUT2D eigenvalue weighted by molar-refractivity contribution is 0.0989. The monoisotopic (exact) mass is 387 g/mol. The average Bonchev–Trinajstić information content (AvgIpc) is 3.09. The molecule has 1 amide bonds. The number of rotatable bonds is 7. The lowest BCUT2D eigenvalue weighted by Gasteiger charge is -2.17. The number of nitrogens with zero attached hydrogens (tertiary/aromatic N) is 2. The Morgan fingerprint density at radius 1 is 1.11 bits per heavy atom. The molecule has 1 N–H and O–H groups in total. The third-order valence-corrected chi connectivity index (χ3v) is 6.09. The van der Waals surface area contributed by atoms with E-state index in [1.807, 2.05) is 43.3 Å². The van der Waals surface area contributed by atoms with Crippen molar-refractivity contribution in [2.75, 3.05) is 38.6 Å². The molecule has 0 saturated carbocycles. The third kappa shape index (κ3) is 4.55. The van der Waals surface area contributed by atoms with Gasteiger partial charge in [0, 0.05) is 24.3 Å². The van der Waals surface area contributed by atoms with Crippen LogP contribution in [0.25, 0.3) is 0 Å². The highest BCUT2D eigenvalue weighted by atomic mass is 32.2. The van der Waals surface area contributed by atoms with Crippen LogP contribution in [0.5, 0.6) is 0 Å². The standard InChI is InChI=1S/C20H25N3O3S/c1-22(2)14-5-13-21-27(25,26)18-10-8-17(9-11-18)20(24)23-15-12-16-6-3-4-7-19(16)23/h3-4,6-11,21H,5,12-15H2,1-2H3. The summed E-state index contributed by atoms with van der Waals surface area (Å²) in [6.45, 7) is 1.84. The predicted molar refractivity (Wildman–Crippen MR) is 107 cm³/mol. The Labute approximate surface area is 160 Å². The van der Waals surface area contributed by atoms with Crippen LogP contribution < -0.4 is 9.62 Å². The molecule has 0 unspecified atom stereocenters. The van der Waals surface area contributed by atoms with E-state index in [1.54, 1.807) is 17.0 Å². The molecule has 2 aromatic rings. The molecule has 144 valence electrons. The molecule has 27 heavy (non-hydrogen) atoms. The number of benzene rings is 2. The molecule has 0 fully saturated rings. The van der Waals surface area contributed by atoms with Gasteiger partial charge in [-0.15, -0.1) is 0 Å². The van der Waals surface area contributed by atoms with Crippen LogP contribution in [0.3, 0.4) is 0 Å². The van der Waals surface area contributed by atoms with Crippen LogP contribution in [0.1, 0.15) is 22.3 Å². The number of anilines is 1. The first-order chi connectivity index (χ1) is 12.9. The topological polar surface area (TPSA) is 69.7 Å². The van der Waals surface area contributed by atoms with E-state index >= 15 is 0 Å². The van der Waals surface area contributed by atoms with E-state index < -0.39 is 10.0 Å². The number of amides is 1. The first-order valence-corrected chi connectivity index (χ1v) is 10.5. The molecule has 1 heterocycles. The Balaban J connectivity index is 1.67. The number of nitrogens with one attached hydrogen (secondary N) is 1. The van der Waals surface area contributed by atoms with Gasteiger partial charge in [0.05, 0.1) is 4.90 Å². The zero-order valence-electron chi connectivity index (χ0n) is 15.7. The Hall–Kier alpha value is -2.22. The van der Waals surface area contributed by atoms with Gasteiger partial charge in [-0.05, 0) is 69.4 Å². The molecule has 0 aromatic heterocycles. The average molecular weight is 388 g/mol. The van der Waals surface area contributed by atoms with Gasteiger partial charge in [-0.25, -0.2) is 13.1 Å². The fourth-order valence-corrected chi connectivity index (χ4v) is 4.24. The smallest absolute Gasteiger partial charge is 0.258 e. The maximum atomic E-state index is 12.8. The molecule has 6 nitrogen and oxygen atoms in total. The summed E-state index contributed by atoms with van der Waals surface area (Å²) < 4.78 is 27.3. The number of sulfonamides is 1. The Bertz CT molecular complexity index is 908. The van der Waals surface area contributed by atoms with E-state index in [2.05, 4.69) is 4.72 Å². The minimum Gasteiger partial charge on any atom is -0.309 e. The van der Waals surface area contributed by atoms with Gasteiger partial charge >= 0.3 is 0 Å². The van der Waals surface area contributed by atoms with Crippen molar-refractivity contribution < 1.29 is 13.2 Å². The first-order valence-electron chi connectivity index (χ1n) is 9.03. The molecule has 0 atom stereocenters. The molecule has 1 aliphatic heterocycles. The number of carbonyl (C=O) groups excluding carboxylic acids is 1. The van der Waals surface area contributed by atoms with Gasteiger partial charge in [-0.3, -0.25) is 4.79 Å². The Kier molecular flexibility index (Phi) is 5.94. The number of hydrogen-bond donors (Lipinski definition) is 1. The summed E-state index contributed by atoms with van der Waals surface area (Å²) in [4.78, 5) is 16.7. The highest BCUT2D eigenvalue weighted by Gasteiger charge is 2.25. The number of carbonyl (C=O) groups is 1. The summed E-state index contributed by atoms with van der Waals surface area (Å²) in [6.07, 6.45) is 1.57. The number of hydrogen-bond acceptors (Lipinski definition) is 4. The van der Waals surface area contributed by atoms with Gasteiger partial charge < -0.3 is 9.80 Å². The zero-order valence-corrected chi connectivity index (χ0v) is 16.5. The maximum Gasteiger partial charge on any atom is 0.258 e. The lowest BCUT2D eigenvalue weighted by atomic mass is 10.1. The van der Waals surface area contributed by atoms with Crippen molar-refractivity contribution in [1.29, 1.82) is 0 Å². The normalized spacial score (nSPS) is 13.8. The van der Waals surface area contributed by atoms with E-state index in [4.69, 9.17) is 0 Å². The lowest BCUT2D eigenvalue weighted by Crippen LogP contribution is -2.29. The SMILES string of the molecule is CN(C)CCCNS(=O)(=O)c1ccc(C(=O)N2CCc3ccccc32)cc1. The highest BCUT2D eigenvalue weighted by Crippen LogP contribution is 2.29. The van der Waals surface area contributed by atoms with Gasteiger partial charge in [-0.1, -0.05) is 18.2 Å². The summed E-state index contributed by atoms with van der Waals surface area (Å²) >= 11 is 0. The van der Waals surface area contributed by atoms with Gasteiger partial charge in [0.15, 0.2) is 0 Å². The van der Waals surface area contributed by atoms with E-state index in [-0.39, 0.29) is 10.8 Å². The molecule has 0 spiro atoms. The minimum absolute atomic E-state index is 0.108. The summed E-state index contributed by atoms with van der Waals surface area (Å²) in [5, 5.41) is 0. The van der Waals surface area contributed by atoms with Gasteiger partial charge in [-0.2, -0.15) is 0 Å². The summed E-state index contributed by atoms with van der Waals surface area (Å²) in [5.41, 5.74) is 2.58. The second kappa shape index (κ2) is 8.21. The van der Waals surface area contributed by atoms with E-state index in [1.165, 1.54) is 12.1 Å². The molecular weight excluding hydrogens is 362 g/mol. The molecular formula is C20H25N3O3S. The van der Waals surface area contributed by atoms with Crippen LogP contribution in [0.2, 0.25) is 0 Å². The zero-order chi connectivity index (χ0) is 19.4. The largest absolute Gasteiger partial charge is 0.309 e. The highest BCUT2D eigenvalue weighted by molar-refractivity contribution is 7.89. The first kappa shape index (κ1) is 19.5. The summed E-state index contributed by atoms with van der Waals surface area (Å²) in [5.74, 6) is -0.108. The van der Waals surface area contributed by atoms with Crippen LogP contribution >= 0.6 is 0 Å². The minimum atomic E-state index is -3.56. The molecule has 0 bridgehead atoms. The van der Waals surface area contributed by atoms with Gasteiger partial charge in [0.25, 0.3) is 5.91 Å². The van der Waals surface area contributed by atoms with Crippen molar-refractivity contribution in [3.8, 4) is 0 Å². The fourth-order valence-electron chi connectivity index (χ4n) is 3.17. The van der Waals surface area contributed by atoms with Crippen molar-refractivity contribution in [2.24, 2.45) is 0 Å². The van der Waals surface area contributed by atoms with Crippen LogP contribution in [0, 0.1) is 0 Å². The van der Waals surface area contributed by atoms with Crippen molar-refractivity contribution in [2.45, 2.75) is 17.7 Å². The summed E-state index contributed by atoms with van der Waals surface area (Å²) in [7, 11) is 0.333. The Morgan fingerprint density at radius 3 is 2.52 bits per heavy atom. The Morgan fingerprint density at radius 2 is 1.81 bits per heavy atom. The summed E-state index contributed by atoms with van der Waals surface area (Å²) in [6, 6.07) is 14.0. The van der Waals surface area contributed by atoms with Gasteiger partial charge in [0.1, 0.15) is 0 Å². The van der Waals surface area contributed by atoms with Crippen molar-refractivity contribution in [1.82, 2.24) is 9.62 Å². The molecule has 7 heteroatoms. The van der Waals surface area contributed by atoms with Crippen molar-refractivity contribution in [3.05, 3.63) is 59.7 Å². The van der Waals surface area contributed by atoms with Crippen LogP contribution in [0.15, 0.2) is 53.4 Å². The van der Waals surface area contributed by atoms with Gasteiger partial charge in [0.2, 0.25) is 10.0 Å². The van der Waals surface area contributed by atoms with E-state index in [9.17, 15) is 13.2 Å². The quantitative estimate of drug-likeness (QED) is 0.739. The van der Waals surface area contributed by atoms with Crippen LogP contribution in [0.4, 0.5) is 5.69 Å². The second-order valence-corrected chi connectivity index (χ2v) is 8.68. The molecule has 0 aliphatic carbocycles. The van der Waals surface area contributed by atoms with Crippen LogP contribution in [-0.2, 0) is 16.4 Å². The maximum absolute atomic E-state index is 12.8. The molecule has 2 aromatic carbocycles. The third-order valence-electron chi connectivity index (χ3n) is 4.62. The van der Waals surface area contributed by atoms with E-state index in [0.29, 0.717) is 18.7 Å². The van der Waals surface area contributed by atoms with Crippen molar-refractivity contribution in [3.63, 3.8) is 0 Å².